The van der Waals surface area contributed by atoms with Gasteiger partial charge in [0.15, 0.2) is 0 Å². The molecule has 1 saturated carbocycles. The van der Waals surface area contributed by atoms with Gasteiger partial charge in [0, 0.05) is 58.5 Å². The SMILES string of the molecule is C1COC(CNCCN2CCN(C3CCCC3)CC2)C1. The van der Waals surface area contributed by atoms with E-state index in [4.69, 9.17) is 4.74 Å². The molecular weight excluding hydrogens is 250 g/mol. The maximum Gasteiger partial charge on any atom is 0.0700 e. The Morgan fingerprint density at radius 2 is 1.75 bits per heavy atom. The van der Waals surface area contributed by atoms with Gasteiger partial charge in [-0.2, -0.15) is 0 Å². The van der Waals surface area contributed by atoms with Gasteiger partial charge in [0.05, 0.1) is 6.10 Å². The van der Waals surface area contributed by atoms with Gasteiger partial charge in [0.1, 0.15) is 0 Å². The third-order valence-electron chi connectivity index (χ3n) is 5.25. The van der Waals surface area contributed by atoms with Gasteiger partial charge in [0.25, 0.3) is 0 Å². The van der Waals surface area contributed by atoms with Crippen LogP contribution < -0.4 is 5.32 Å². The van der Waals surface area contributed by atoms with E-state index < -0.39 is 0 Å². The molecule has 116 valence electrons. The highest BCUT2D eigenvalue weighted by molar-refractivity contribution is 4.82. The molecule has 20 heavy (non-hydrogen) atoms. The lowest BCUT2D eigenvalue weighted by Gasteiger charge is -2.38. The average Bonchev–Trinajstić information content (AvgIpc) is 3.17. The molecule has 1 unspecified atom stereocenters. The fraction of sp³-hybridized carbons (Fsp3) is 1.00. The molecule has 0 aromatic carbocycles. The summed E-state index contributed by atoms with van der Waals surface area (Å²) in [6.07, 6.45) is 8.78. The van der Waals surface area contributed by atoms with Gasteiger partial charge in [-0.25, -0.2) is 0 Å². The van der Waals surface area contributed by atoms with E-state index in [9.17, 15) is 0 Å². The van der Waals surface area contributed by atoms with Crippen LogP contribution in [0.15, 0.2) is 0 Å². The Balaban J connectivity index is 1.24. The molecule has 0 aromatic rings. The first-order chi connectivity index (χ1) is 9.92. The maximum atomic E-state index is 5.63. The molecule has 1 N–H and O–H groups in total. The molecule has 0 spiro atoms. The van der Waals surface area contributed by atoms with Crippen molar-refractivity contribution in [1.29, 1.82) is 0 Å². The van der Waals surface area contributed by atoms with E-state index in [1.807, 2.05) is 0 Å². The molecule has 2 saturated heterocycles. The Kier molecular flexibility index (Phi) is 5.71. The Hall–Kier alpha value is -0.160. The van der Waals surface area contributed by atoms with Crippen LogP contribution in [0.25, 0.3) is 0 Å². The summed E-state index contributed by atoms with van der Waals surface area (Å²) in [5.41, 5.74) is 0. The molecule has 2 aliphatic heterocycles. The predicted molar refractivity (Wildman–Crippen MR) is 82.1 cm³/mol. The molecule has 4 nitrogen and oxygen atoms in total. The third kappa shape index (κ3) is 4.17. The van der Waals surface area contributed by atoms with E-state index >= 15 is 0 Å². The van der Waals surface area contributed by atoms with Crippen molar-refractivity contribution in [1.82, 2.24) is 15.1 Å². The van der Waals surface area contributed by atoms with E-state index in [1.165, 1.54) is 71.2 Å². The van der Waals surface area contributed by atoms with Crippen molar-refractivity contribution < 1.29 is 4.74 Å². The van der Waals surface area contributed by atoms with Gasteiger partial charge in [-0.1, -0.05) is 12.8 Å². The van der Waals surface area contributed by atoms with E-state index in [1.54, 1.807) is 0 Å². The summed E-state index contributed by atoms with van der Waals surface area (Å²) in [5, 5.41) is 3.56. The van der Waals surface area contributed by atoms with Crippen molar-refractivity contribution in [3.05, 3.63) is 0 Å². The van der Waals surface area contributed by atoms with Crippen molar-refractivity contribution >= 4 is 0 Å². The lowest BCUT2D eigenvalue weighted by Crippen LogP contribution is -2.51. The molecule has 1 aliphatic carbocycles. The molecule has 0 aromatic heterocycles. The summed E-state index contributed by atoms with van der Waals surface area (Å²) >= 11 is 0. The van der Waals surface area contributed by atoms with Crippen molar-refractivity contribution in [3.63, 3.8) is 0 Å². The minimum absolute atomic E-state index is 0.481. The van der Waals surface area contributed by atoms with Crippen molar-refractivity contribution in [3.8, 4) is 0 Å². The van der Waals surface area contributed by atoms with Crippen LogP contribution in [0.5, 0.6) is 0 Å². The second kappa shape index (κ2) is 7.74. The zero-order valence-corrected chi connectivity index (χ0v) is 12.9. The molecule has 0 radical (unpaired) electrons. The van der Waals surface area contributed by atoms with Crippen LogP contribution in [-0.4, -0.2) is 74.4 Å². The zero-order valence-electron chi connectivity index (χ0n) is 12.9. The van der Waals surface area contributed by atoms with E-state index in [-0.39, 0.29) is 0 Å². The lowest BCUT2D eigenvalue weighted by atomic mass is 10.2. The summed E-state index contributed by atoms with van der Waals surface area (Å²) in [6, 6.07) is 0.912. The standard InChI is InChI=1S/C16H31N3O/c1-2-5-15(4-1)19-11-9-18(10-12-19)8-7-17-14-16-6-3-13-20-16/h15-17H,1-14H2. The van der Waals surface area contributed by atoms with Gasteiger partial charge in [-0.05, 0) is 25.7 Å². The fourth-order valence-corrected chi connectivity index (χ4v) is 3.93. The number of nitrogens with zero attached hydrogens (tertiary/aromatic N) is 2. The molecule has 3 rings (SSSR count). The summed E-state index contributed by atoms with van der Waals surface area (Å²) in [4.78, 5) is 5.36. The second-order valence-corrected chi connectivity index (χ2v) is 6.66. The topological polar surface area (TPSA) is 27.7 Å². The Morgan fingerprint density at radius 1 is 0.950 bits per heavy atom. The molecular formula is C16H31N3O. The van der Waals surface area contributed by atoms with E-state index in [0.29, 0.717) is 6.10 Å². The highest BCUT2D eigenvalue weighted by atomic mass is 16.5. The van der Waals surface area contributed by atoms with Gasteiger partial charge in [0.2, 0.25) is 0 Å². The minimum atomic E-state index is 0.481. The zero-order chi connectivity index (χ0) is 13.6. The predicted octanol–water partition coefficient (Wildman–Crippen LogP) is 1.32. The summed E-state index contributed by atoms with van der Waals surface area (Å²) < 4.78 is 5.63. The van der Waals surface area contributed by atoms with Gasteiger partial charge >= 0.3 is 0 Å². The molecule has 3 fully saturated rings. The van der Waals surface area contributed by atoms with Crippen molar-refractivity contribution in [2.75, 3.05) is 52.4 Å². The first kappa shape index (κ1) is 14.8. The summed E-state index contributed by atoms with van der Waals surface area (Å²) in [6.45, 7) is 9.43. The van der Waals surface area contributed by atoms with Crippen LogP contribution >= 0.6 is 0 Å². The first-order valence-corrected chi connectivity index (χ1v) is 8.70. The first-order valence-electron chi connectivity index (χ1n) is 8.70. The average molecular weight is 281 g/mol. The second-order valence-electron chi connectivity index (χ2n) is 6.66. The summed E-state index contributed by atoms with van der Waals surface area (Å²) in [5.74, 6) is 0. The fourth-order valence-electron chi connectivity index (χ4n) is 3.93. The number of rotatable bonds is 6. The number of nitrogens with one attached hydrogen (secondary N) is 1. The number of ether oxygens (including phenoxy) is 1. The van der Waals surface area contributed by atoms with Gasteiger partial charge < -0.3 is 10.1 Å². The van der Waals surface area contributed by atoms with Crippen molar-refractivity contribution in [2.45, 2.75) is 50.7 Å². The normalized spacial score (nSPS) is 30.3. The lowest BCUT2D eigenvalue weighted by molar-refractivity contribution is 0.0935. The smallest absolute Gasteiger partial charge is 0.0700 e. The van der Waals surface area contributed by atoms with Crippen LogP contribution in [0, 0.1) is 0 Å². The monoisotopic (exact) mass is 281 g/mol. The van der Waals surface area contributed by atoms with E-state index in [0.717, 1.165) is 25.7 Å². The Labute approximate surface area is 123 Å². The molecule has 4 heteroatoms. The van der Waals surface area contributed by atoms with Crippen molar-refractivity contribution in [2.24, 2.45) is 0 Å². The van der Waals surface area contributed by atoms with Crippen LogP contribution in [0.2, 0.25) is 0 Å². The number of hydrogen-bond acceptors (Lipinski definition) is 4. The van der Waals surface area contributed by atoms with Gasteiger partial charge in [-0.15, -0.1) is 0 Å². The minimum Gasteiger partial charge on any atom is -0.377 e. The van der Waals surface area contributed by atoms with E-state index in [2.05, 4.69) is 15.1 Å². The van der Waals surface area contributed by atoms with Crippen LogP contribution in [0.1, 0.15) is 38.5 Å². The maximum absolute atomic E-state index is 5.63. The Morgan fingerprint density at radius 3 is 2.45 bits per heavy atom. The highest BCUT2D eigenvalue weighted by Gasteiger charge is 2.25. The number of hydrogen-bond donors (Lipinski definition) is 1. The molecule has 2 heterocycles. The molecule has 0 amide bonds. The van der Waals surface area contributed by atoms with Crippen LogP contribution in [0.3, 0.4) is 0 Å². The van der Waals surface area contributed by atoms with Crippen LogP contribution in [0.4, 0.5) is 0 Å². The molecule has 0 bridgehead atoms. The van der Waals surface area contributed by atoms with Crippen LogP contribution in [-0.2, 0) is 4.74 Å². The summed E-state index contributed by atoms with van der Waals surface area (Å²) in [7, 11) is 0. The largest absolute Gasteiger partial charge is 0.377 e. The highest BCUT2D eigenvalue weighted by Crippen LogP contribution is 2.24. The molecule has 3 aliphatic rings. The molecule has 1 atom stereocenters. The quantitative estimate of drug-likeness (QED) is 0.743. The number of piperazine rings is 1. The van der Waals surface area contributed by atoms with Gasteiger partial charge in [-0.3, -0.25) is 9.80 Å². The third-order valence-corrected chi connectivity index (χ3v) is 5.25. The Bertz CT molecular complexity index is 267.